The van der Waals surface area contributed by atoms with Crippen molar-refractivity contribution in [3.8, 4) is 0 Å². The maximum atomic E-state index is 10.7. The summed E-state index contributed by atoms with van der Waals surface area (Å²) in [6, 6.07) is 0. The summed E-state index contributed by atoms with van der Waals surface area (Å²) in [5.41, 5.74) is 0. The van der Waals surface area contributed by atoms with E-state index in [9.17, 15) is 8.42 Å². The lowest BCUT2D eigenvalue weighted by Gasteiger charge is -2.07. The predicted molar refractivity (Wildman–Crippen MR) is 52.5 cm³/mol. The third kappa shape index (κ3) is 3.47. The monoisotopic (exact) mass is 218 g/mol. The molecule has 14 heavy (non-hydrogen) atoms. The maximum absolute atomic E-state index is 10.7. The average molecular weight is 218 g/mol. The van der Waals surface area contributed by atoms with E-state index in [0.717, 1.165) is 6.54 Å². The first-order chi connectivity index (χ1) is 6.50. The first-order valence-corrected chi connectivity index (χ1v) is 5.92. The van der Waals surface area contributed by atoms with Gasteiger partial charge in [0.15, 0.2) is 0 Å². The summed E-state index contributed by atoms with van der Waals surface area (Å²) in [4.78, 5) is 3.86. The van der Waals surface area contributed by atoms with Crippen LogP contribution in [0.1, 0.15) is 19.8 Å². The standard InChI is InChI=1S/C8H14N2O3S/c1-8(14(11,12)13)3-2-5-10-6-4-9-7-10/h4,6-8H,2-3,5H2,1H3,(H,11,12,13). The van der Waals surface area contributed by atoms with Gasteiger partial charge in [-0.25, -0.2) is 4.98 Å². The van der Waals surface area contributed by atoms with Crippen molar-refractivity contribution >= 4 is 10.1 Å². The topological polar surface area (TPSA) is 72.2 Å². The van der Waals surface area contributed by atoms with Crippen molar-refractivity contribution in [3.05, 3.63) is 18.7 Å². The summed E-state index contributed by atoms with van der Waals surface area (Å²) in [5.74, 6) is 0. The van der Waals surface area contributed by atoms with Crippen molar-refractivity contribution in [3.63, 3.8) is 0 Å². The molecule has 0 radical (unpaired) electrons. The van der Waals surface area contributed by atoms with Crippen molar-refractivity contribution < 1.29 is 13.0 Å². The first-order valence-electron chi connectivity index (χ1n) is 4.42. The van der Waals surface area contributed by atoms with Crippen molar-refractivity contribution in [1.29, 1.82) is 0 Å². The van der Waals surface area contributed by atoms with Gasteiger partial charge in [0, 0.05) is 18.9 Å². The second-order valence-electron chi connectivity index (χ2n) is 3.27. The fourth-order valence-corrected chi connectivity index (χ4v) is 1.59. The Hall–Kier alpha value is -0.880. The van der Waals surface area contributed by atoms with Crippen LogP contribution in [0.2, 0.25) is 0 Å². The first kappa shape index (κ1) is 11.2. The van der Waals surface area contributed by atoms with Gasteiger partial charge < -0.3 is 4.57 Å². The second kappa shape index (κ2) is 4.56. The average Bonchev–Trinajstić information content (AvgIpc) is 2.55. The van der Waals surface area contributed by atoms with E-state index in [0.29, 0.717) is 12.8 Å². The molecule has 0 aliphatic heterocycles. The summed E-state index contributed by atoms with van der Waals surface area (Å²) in [6.07, 6.45) is 6.33. The molecule has 6 heteroatoms. The lowest BCUT2D eigenvalue weighted by atomic mass is 10.2. The van der Waals surface area contributed by atoms with Gasteiger partial charge in [-0.1, -0.05) is 0 Å². The second-order valence-corrected chi connectivity index (χ2v) is 5.10. The van der Waals surface area contributed by atoms with E-state index in [1.54, 1.807) is 12.5 Å². The van der Waals surface area contributed by atoms with Crippen LogP contribution in [0.3, 0.4) is 0 Å². The van der Waals surface area contributed by atoms with E-state index < -0.39 is 15.4 Å². The zero-order valence-corrected chi connectivity index (χ0v) is 8.81. The van der Waals surface area contributed by atoms with E-state index in [2.05, 4.69) is 4.98 Å². The SMILES string of the molecule is CC(CCCn1ccnc1)S(=O)(=O)O. The molecular formula is C8H14N2O3S. The van der Waals surface area contributed by atoms with Gasteiger partial charge in [0.25, 0.3) is 10.1 Å². The van der Waals surface area contributed by atoms with Crippen LogP contribution in [0.5, 0.6) is 0 Å². The van der Waals surface area contributed by atoms with Crippen LogP contribution in [-0.4, -0.2) is 27.8 Å². The zero-order chi connectivity index (χ0) is 10.6. The molecule has 1 rings (SSSR count). The van der Waals surface area contributed by atoms with Gasteiger partial charge in [0.2, 0.25) is 0 Å². The minimum absolute atomic E-state index is 0.455. The minimum Gasteiger partial charge on any atom is -0.337 e. The Bertz CT molecular complexity index is 358. The van der Waals surface area contributed by atoms with Crippen LogP contribution >= 0.6 is 0 Å². The smallest absolute Gasteiger partial charge is 0.267 e. The highest BCUT2D eigenvalue weighted by Gasteiger charge is 2.15. The molecule has 1 unspecified atom stereocenters. The number of imidazole rings is 1. The minimum atomic E-state index is -3.87. The number of aromatic nitrogens is 2. The molecule has 0 saturated carbocycles. The summed E-state index contributed by atoms with van der Waals surface area (Å²) in [6.45, 7) is 2.23. The van der Waals surface area contributed by atoms with Gasteiger partial charge in [-0.3, -0.25) is 4.55 Å². The Morgan fingerprint density at radius 1 is 1.57 bits per heavy atom. The zero-order valence-electron chi connectivity index (χ0n) is 8.00. The Kier molecular flexibility index (Phi) is 3.65. The van der Waals surface area contributed by atoms with Crippen LogP contribution in [-0.2, 0) is 16.7 Å². The number of aryl methyl sites for hydroxylation is 1. The van der Waals surface area contributed by atoms with E-state index in [4.69, 9.17) is 4.55 Å². The molecule has 0 saturated heterocycles. The van der Waals surface area contributed by atoms with Gasteiger partial charge in [-0.15, -0.1) is 0 Å². The van der Waals surface area contributed by atoms with E-state index >= 15 is 0 Å². The van der Waals surface area contributed by atoms with Crippen molar-refractivity contribution in [2.45, 2.75) is 31.6 Å². The van der Waals surface area contributed by atoms with Gasteiger partial charge in [0.05, 0.1) is 11.6 Å². The fraction of sp³-hybridized carbons (Fsp3) is 0.625. The summed E-state index contributed by atoms with van der Waals surface area (Å²) < 4.78 is 31.9. The normalized spacial score (nSPS) is 14.1. The van der Waals surface area contributed by atoms with Crippen molar-refractivity contribution in [2.75, 3.05) is 0 Å². The Morgan fingerprint density at radius 2 is 2.29 bits per heavy atom. The molecule has 1 heterocycles. The van der Waals surface area contributed by atoms with Gasteiger partial charge in [0.1, 0.15) is 0 Å². The number of rotatable bonds is 5. The molecule has 0 bridgehead atoms. The Morgan fingerprint density at radius 3 is 2.79 bits per heavy atom. The third-order valence-corrected chi connectivity index (χ3v) is 3.35. The van der Waals surface area contributed by atoms with Crippen molar-refractivity contribution in [1.82, 2.24) is 9.55 Å². The van der Waals surface area contributed by atoms with Crippen LogP contribution in [0.15, 0.2) is 18.7 Å². The van der Waals surface area contributed by atoms with Crippen LogP contribution < -0.4 is 0 Å². The highest BCUT2D eigenvalue weighted by atomic mass is 32.2. The highest BCUT2D eigenvalue weighted by Crippen LogP contribution is 2.07. The predicted octanol–water partition coefficient (Wildman–Crippen LogP) is 0.940. The molecule has 0 aliphatic rings. The molecule has 5 nitrogen and oxygen atoms in total. The van der Waals surface area contributed by atoms with E-state index in [1.165, 1.54) is 6.92 Å². The quantitative estimate of drug-likeness (QED) is 0.746. The third-order valence-electron chi connectivity index (χ3n) is 2.09. The molecule has 1 atom stereocenters. The lowest BCUT2D eigenvalue weighted by molar-refractivity contribution is 0.460. The molecule has 0 spiro atoms. The van der Waals surface area contributed by atoms with Crippen molar-refractivity contribution in [2.24, 2.45) is 0 Å². The lowest BCUT2D eigenvalue weighted by Crippen LogP contribution is -2.16. The summed E-state index contributed by atoms with van der Waals surface area (Å²) in [5, 5.41) is -0.689. The highest BCUT2D eigenvalue weighted by molar-refractivity contribution is 7.86. The molecule has 80 valence electrons. The molecule has 0 aliphatic carbocycles. The van der Waals surface area contributed by atoms with E-state index in [-0.39, 0.29) is 0 Å². The molecule has 1 aromatic rings. The fourth-order valence-electron chi connectivity index (χ4n) is 1.13. The molecule has 0 aromatic carbocycles. The van der Waals surface area contributed by atoms with Crippen LogP contribution in [0.25, 0.3) is 0 Å². The van der Waals surface area contributed by atoms with E-state index in [1.807, 2.05) is 10.8 Å². The number of hydrogen-bond donors (Lipinski definition) is 1. The molecule has 0 fully saturated rings. The largest absolute Gasteiger partial charge is 0.337 e. The summed E-state index contributed by atoms with van der Waals surface area (Å²) in [7, 11) is -3.87. The molecule has 1 aromatic heterocycles. The maximum Gasteiger partial charge on any atom is 0.267 e. The van der Waals surface area contributed by atoms with Crippen LogP contribution in [0.4, 0.5) is 0 Å². The molecule has 0 amide bonds. The molecular weight excluding hydrogens is 204 g/mol. The van der Waals surface area contributed by atoms with Gasteiger partial charge in [-0.2, -0.15) is 8.42 Å². The van der Waals surface area contributed by atoms with Gasteiger partial charge in [-0.05, 0) is 19.8 Å². The number of nitrogens with zero attached hydrogens (tertiary/aromatic N) is 2. The van der Waals surface area contributed by atoms with Gasteiger partial charge >= 0.3 is 0 Å². The molecule has 1 N–H and O–H groups in total. The number of hydrogen-bond acceptors (Lipinski definition) is 3. The Labute approximate surface area is 83.5 Å². The van der Waals surface area contributed by atoms with Crippen LogP contribution in [0, 0.1) is 0 Å². The summed E-state index contributed by atoms with van der Waals surface area (Å²) >= 11 is 0. The Balaban J connectivity index is 2.29.